The molecule has 1 atom stereocenters. The van der Waals surface area contributed by atoms with Gasteiger partial charge in [-0.25, -0.2) is 0 Å². The number of hydrogen-bond donors (Lipinski definition) is 0. The monoisotopic (exact) mass is 400 g/mol. The number of ether oxygens (including phenoxy) is 1. The fraction of sp³-hybridized carbons (Fsp3) is 0.476. The van der Waals surface area contributed by atoms with Crippen LogP contribution in [0.15, 0.2) is 36.4 Å². The minimum atomic E-state index is -0.465. The molecule has 0 radical (unpaired) electrons. The molecule has 4 heterocycles. The lowest BCUT2D eigenvalue weighted by Crippen LogP contribution is -2.58. The van der Waals surface area contributed by atoms with E-state index in [4.69, 9.17) is 16.3 Å². The van der Waals surface area contributed by atoms with E-state index in [-0.39, 0.29) is 5.91 Å². The van der Waals surface area contributed by atoms with Crippen LogP contribution in [0, 0.1) is 0 Å². The number of rotatable bonds is 3. The van der Waals surface area contributed by atoms with Crippen LogP contribution in [0.25, 0.3) is 0 Å². The van der Waals surface area contributed by atoms with Gasteiger partial charge in [0.25, 0.3) is 5.91 Å². The van der Waals surface area contributed by atoms with Crippen molar-refractivity contribution in [3.8, 4) is 0 Å². The van der Waals surface area contributed by atoms with Crippen LogP contribution in [0.3, 0.4) is 0 Å². The lowest BCUT2D eigenvalue weighted by Gasteiger charge is -2.47. The van der Waals surface area contributed by atoms with Crippen molar-refractivity contribution in [1.82, 2.24) is 19.3 Å². The average Bonchev–Trinajstić information content (AvgIpc) is 3.26. The van der Waals surface area contributed by atoms with Gasteiger partial charge in [-0.15, -0.1) is 0 Å². The molecule has 2 aromatic rings. The van der Waals surface area contributed by atoms with Gasteiger partial charge in [-0.05, 0) is 36.9 Å². The zero-order valence-corrected chi connectivity index (χ0v) is 16.9. The average molecular weight is 401 g/mol. The summed E-state index contributed by atoms with van der Waals surface area (Å²) in [5.74, 6) is 0.110. The second-order valence-corrected chi connectivity index (χ2v) is 8.32. The molecule has 6 nitrogen and oxygen atoms in total. The first kappa shape index (κ1) is 18.2. The van der Waals surface area contributed by atoms with E-state index in [0.717, 1.165) is 63.7 Å². The van der Waals surface area contributed by atoms with Gasteiger partial charge < -0.3 is 14.2 Å². The molecule has 7 heteroatoms. The number of aromatic nitrogens is 1. The number of likely N-dealkylation sites (N-methyl/N-ethyl adjacent to an activating group) is 1. The Morgan fingerprint density at radius 3 is 2.54 bits per heavy atom. The maximum absolute atomic E-state index is 13.4. The summed E-state index contributed by atoms with van der Waals surface area (Å²) in [7, 11) is 2.11. The Bertz CT molecular complexity index is 890. The predicted octanol–water partition coefficient (Wildman–Crippen LogP) is 2.23. The maximum atomic E-state index is 13.4. The van der Waals surface area contributed by atoms with Crippen LogP contribution in [0.1, 0.15) is 21.7 Å². The van der Waals surface area contributed by atoms with Crippen molar-refractivity contribution >= 4 is 17.5 Å². The highest BCUT2D eigenvalue weighted by Gasteiger charge is 2.53. The molecular weight excluding hydrogens is 376 g/mol. The molecule has 0 N–H and O–H groups in total. The molecule has 0 aliphatic carbocycles. The third-order valence-corrected chi connectivity index (χ3v) is 6.70. The largest absolute Gasteiger partial charge is 0.379 e. The van der Waals surface area contributed by atoms with E-state index in [9.17, 15) is 4.79 Å². The van der Waals surface area contributed by atoms with Crippen LogP contribution in [-0.4, -0.2) is 71.6 Å². The van der Waals surface area contributed by atoms with E-state index in [2.05, 4.69) is 39.6 Å². The lowest BCUT2D eigenvalue weighted by atomic mass is 9.94. The molecule has 1 unspecified atom stereocenters. The van der Waals surface area contributed by atoms with Gasteiger partial charge in [-0.1, -0.05) is 23.7 Å². The molecule has 2 fully saturated rings. The molecule has 1 amide bonds. The van der Waals surface area contributed by atoms with Crippen molar-refractivity contribution in [2.45, 2.75) is 18.8 Å². The van der Waals surface area contributed by atoms with Crippen molar-refractivity contribution in [3.63, 3.8) is 0 Å². The lowest BCUT2D eigenvalue weighted by molar-refractivity contribution is -0.00342. The second kappa shape index (κ2) is 6.88. The standard InChI is InChI=1S/C21H25ClN4O2/c1-23-8-9-26-20(27)19-7-6-18(14-24-10-12-28-13-11-24)25(19)15-21(23,26)16-2-4-17(22)5-3-16/h2-7H,8-15H2,1H3. The normalized spacial score (nSPS) is 25.8. The summed E-state index contributed by atoms with van der Waals surface area (Å²) in [4.78, 5) is 20.1. The third kappa shape index (κ3) is 2.70. The summed E-state index contributed by atoms with van der Waals surface area (Å²) in [5, 5.41) is 0.712. The topological polar surface area (TPSA) is 40.9 Å². The van der Waals surface area contributed by atoms with Crippen molar-refractivity contribution in [2.24, 2.45) is 0 Å². The Kier molecular flexibility index (Phi) is 4.47. The zero-order valence-electron chi connectivity index (χ0n) is 16.1. The van der Waals surface area contributed by atoms with Crippen LogP contribution in [-0.2, 0) is 23.5 Å². The predicted molar refractivity (Wildman–Crippen MR) is 107 cm³/mol. The summed E-state index contributed by atoms with van der Waals surface area (Å²) in [6.07, 6.45) is 0. The number of carbonyl (C=O) groups excluding carboxylic acids is 1. The highest BCUT2D eigenvalue weighted by atomic mass is 35.5. The minimum absolute atomic E-state index is 0.110. The summed E-state index contributed by atoms with van der Waals surface area (Å²) >= 11 is 6.14. The molecule has 1 aromatic heterocycles. The molecule has 3 aliphatic heterocycles. The van der Waals surface area contributed by atoms with Gasteiger partial charge in [-0.3, -0.25) is 14.6 Å². The number of carbonyl (C=O) groups is 1. The Morgan fingerprint density at radius 2 is 1.79 bits per heavy atom. The Morgan fingerprint density at radius 1 is 1.04 bits per heavy atom. The molecule has 1 aromatic carbocycles. The van der Waals surface area contributed by atoms with E-state index >= 15 is 0 Å². The van der Waals surface area contributed by atoms with E-state index < -0.39 is 5.66 Å². The van der Waals surface area contributed by atoms with Gasteiger partial charge in [-0.2, -0.15) is 0 Å². The zero-order chi connectivity index (χ0) is 19.3. The number of morpholine rings is 1. The molecule has 0 saturated carbocycles. The molecule has 2 saturated heterocycles. The summed E-state index contributed by atoms with van der Waals surface area (Å²) in [5.41, 5.74) is 2.64. The summed E-state index contributed by atoms with van der Waals surface area (Å²) in [6.45, 7) is 6.59. The number of fused-ring (bicyclic) bond motifs is 2. The molecule has 0 spiro atoms. The molecule has 0 bridgehead atoms. The van der Waals surface area contributed by atoms with Crippen LogP contribution in [0.5, 0.6) is 0 Å². The Balaban J connectivity index is 1.55. The SMILES string of the molecule is CN1CCN2C(=O)c3ccc(CN4CCOCC4)n3CC12c1ccc(Cl)cc1. The molecule has 3 aliphatic rings. The van der Waals surface area contributed by atoms with Gasteiger partial charge >= 0.3 is 0 Å². The highest BCUT2D eigenvalue weighted by molar-refractivity contribution is 6.30. The van der Waals surface area contributed by atoms with Crippen molar-refractivity contribution in [3.05, 3.63) is 58.4 Å². The van der Waals surface area contributed by atoms with Gasteiger partial charge in [0.05, 0.1) is 19.8 Å². The van der Waals surface area contributed by atoms with Gasteiger partial charge in [0.1, 0.15) is 11.4 Å². The fourth-order valence-corrected chi connectivity index (χ4v) is 4.98. The van der Waals surface area contributed by atoms with E-state index in [1.54, 1.807) is 0 Å². The van der Waals surface area contributed by atoms with Crippen molar-refractivity contribution < 1.29 is 9.53 Å². The summed E-state index contributed by atoms with van der Waals surface area (Å²) in [6, 6.07) is 12.0. The highest BCUT2D eigenvalue weighted by Crippen LogP contribution is 2.42. The minimum Gasteiger partial charge on any atom is -0.379 e. The van der Waals surface area contributed by atoms with E-state index in [1.165, 1.54) is 5.69 Å². The fourth-order valence-electron chi connectivity index (χ4n) is 4.85. The number of amides is 1. The molecular formula is C21H25ClN4O2. The van der Waals surface area contributed by atoms with E-state index in [1.807, 2.05) is 23.1 Å². The van der Waals surface area contributed by atoms with Crippen LogP contribution in [0.2, 0.25) is 5.02 Å². The maximum Gasteiger partial charge on any atom is 0.272 e. The van der Waals surface area contributed by atoms with Gasteiger partial charge in [0.2, 0.25) is 0 Å². The Labute approximate surface area is 170 Å². The number of hydrogen-bond acceptors (Lipinski definition) is 4. The smallest absolute Gasteiger partial charge is 0.272 e. The first-order chi connectivity index (χ1) is 13.6. The number of nitrogens with zero attached hydrogens (tertiary/aromatic N) is 4. The van der Waals surface area contributed by atoms with Crippen molar-refractivity contribution in [2.75, 3.05) is 46.4 Å². The first-order valence-corrected chi connectivity index (χ1v) is 10.3. The van der Waals surface area contributed by atoms with E-state index in [0.29, 0.717) is 5.02 Å². The van der Waals surface area contributed by atoms with Crippen molar-refractivity contribution in [1.29, 1.82) is 0 Å². The first-order valence-electron chi connectivity index (χ1n) is 9.87. The molecule has 148 valence electrons. The third-order valence-electron chi connectivity index (χ3n) is 6.45. The van der Waals surface area contributed by atoms with Crippen LogP contribution < -0.4 is 0 Å². The summed E-state index contributed by atoms with van der Waals surface area (Å²) < 4.78 is 7.70. The van der Waals surface area contributed by atoms with Crippen LogP contribution >= 0.6 is 11.6 Å². The second-order valence-electron chi connectivity index (χ2n) is 7.89. The van der Waals surface area contributed by atoms with Gasteiger partial charge in [0, 0.05) is 43.4 Å². The molecule has 5 rings (SSSR count). The number of benzene rings is 1. The number of halogens is 1. The Hall–Kier alpha value is -1.86. The quantitative estimate of drug-likeness (QED) is 0.792. The van der Waals surface area contributed by atoms with Crippen LogP contribution in [0.4, 0.5) is 0 Å². The molecule has 28 heavy (non-hydrogen) atoms. The van der Waals surface area contributed by atoms with Gasteiger partial charge in [0.15, 0.2) is 0 Å².